The second-order valence-electron chi connectivity index (χ2n) is 7.97. The van der Waals surface area contributed by atoms with E-state index in [0.29, 0.717) is 11.4 Å². The van der Waals surface area contributed by atoms with E-state index in [0.717, 1.165) is 41.7 Å². The maximum Gasteiger partial charge on any atom is 0.465 e. The van der Waals surface area contributed by atoms with Gasteiger partial charge >= 0.3 is 16.5 Å². The van der Waals surface area contributed by atoms with Gasteiger partial charge in [0.15, 0.2) is 12.3 Å². The number of carboxylic acids is 1. The maximum absolute atomic E-state index is 11.7. The lowest BCUT2D eigenvalue weighted by Gasteiger charge is -2.12. The monoisotopic (exact) mass is 482 g/mol. The highest BCUT2D eigenvalue weighted by Crippen LogP contribution is 2.35. The number of nitrogens with zero attached hydrogens (tertiary/aromatic N) is 1. The molecular weight excluding hydrogens is 454 g/mol. The first kappa shape index (κ1) is 25.0. The van der Waals surface area contributed by atoms with E-state index in [1.54, 1.807) is 18.4 Å². The number of aryl methyl sites for hydroxylation is 4. The van der Waals surface area contributed by atoms with Gasteiger partial charge in [-0.25, -0.2) is 4.79 Å². The fourth-order valence-electron chi connectivity index (χ4n) is 3.76. The lowest BCUT2D eigenvalue weighted by Crippen LogP contribution is -2.08. The van der Waals surface area contributed by atoms with Crippen molar-refractivity contribution in [2.24, 2.45) is 0 Å². The number of aromatic carboxylic acids is 1. The van der Waals surface area contributed by atoms with E-state index in [2.05, 4.69) is 6.58 Å². The van der Waals surface area contributed by atoms with Crippen molar-refractivity contribution >= 4 is 22.2 Å². The third-order valence-electron chi connectivity index (χ3n) is 5.55. The van der Waals surface area contributed by atoms with Crippen molar-refractivity contribution in [3.8, 4) is 5.75 Å². The molecule has 0 amide bonds. The van der Waals surface area contributed by atoms with Crippen molar-refractivity contribution in [1.82, 2.24) is 0 Å². The Labute approximate surface area is 200 Å². The Morgan fingerprint density at radius 3 is 2.44 bits per heavy atom. The average Bonchev–Trinajstić information content (AvgIpc) is 3.47. The van der Waals surface area contributed by atoms with E-state index < -0.39 is 16.5 Å². The zero-order valence-electron chi connectivity index (χ0n) is 19.3. The molecule has 0 atom stereocenters. The molecule has 7 nitrogen and oxygen atoms in total. The molecule has 34 heavy (non-hydrogen) atoms. The van der Waals surface area contributed by atoms with Crippen molar-refractivity contribution in [3.63, 3.8) is 0 Å². The van der Waals surface area contributed by atoms with Crippen molar-refractivity contribution in [1.29, 1.82) is 0 Å². The zero-order chi connectivity index (χ0) is 24.7. The van der Waals surface area contributed by atoms with Gasteiger partial charge in [-0.05, 0) is 91.8 Å². The van der Waals surface area contributed by atoms with Gasteiger partial charge in [0.05, 0.1) is 11.8 Å². The first-order valence-electron chi connectivity index (χ1n) is 10.9. The summed E-state index contributed by atoms with van der Waals surface area (Å²) in [5.74, 6) is 0.484. The molecule has 1 heterocycles. The van der Waals surface area contributed by atoms with Crippen LogP contribution in [-0.2, 0) is 29.9 Å². The molecule has 1 aromatic heterocycles. The summed E-state index contributed by atoms with van der Waals surface area (Å²) in [5.41, 5.74) is 4.68. The van der Waals surface area contributed by atoms with Crippen molar-refractivity contribution in [2.45, 2.75) is 39.7 Å². The summed E-state index contributed by atoms with van der Waals surface area (Å²) in [4.78, 5) is 11.1. The second-order valence-corrected chi connectivity index (χ2v) is 8.84. The maximum atomic E-state index is 11.7. The van der Waals surface area contributed by atoms with Crippen LogP contribution in [0.3, 0.4) is 0 Å². The van der Waals surface area contributed by atoms with E-state index in [-0.39, 0.29) is 18.7 Å². The van der Waals surface area contributed by atoms with E-state index in [9.17, 15) is 13.2 Å². The van der Waals surface area contributed by atoms with Crippen molar-refractivity contribution in [3.05, 3.63) is 95.0 Å². The van der Waals surface area contributed by atoms with Crippen LogP contribution >= 0.6 is 0 Å². The molecular formula is C26H28NO6S+. The normalized spacial score (nSPS) is 11.7. The lowest BCUT2D eigenvalue weighted by molar-refractivity contribution is -0.402. The highest BCUT2D eigenvalue weighted by atomic mass is 32.2. The summed E-state index contributed by atoms with van der Waals surface area (Å²) in [6.07, 6.45) is 6.10. The predicted molar refractivity (Wildman–Crippen MR) is 128 cm³/mol. The number of benzene rings is 2. The molecule has 0 fully saturated rings. The highest BCUT2D eigenvalue weighted by Gasteiger charge is 2.24. The van der Waals surface area contributed by atoms with E-state index in [1.165, 1.54) is 21.7 Å². The largest absolute Gasteiger partial charge is 0.482 e. The summed E-state index contributed by atoms with van der Waals surface area (Å²) < 4.78 is 35.5. The van der Waals surface area contributed by atoms with Gasteiger partial charge < -0.3 is 14.3 Å². The molecule has 0 unspecified atom stereocenters. The van der Waals surface area contributed by atoms with Crippen LogP contribution < -0.4 is 4.74 Å². The Bertz CT molecular complexity index is 1320. The summed E-state index contributed by atoms with van der Waals surface area (Å²) in [6, 6.07) is 12.4. The van der Waals surface area contributed by atoms with Gasteiger partial charge in [0, 0.05) is 6.07 Å². The van der Waals surface area contributed by atoms with Crippen LogP contribution in [0.5, 0.6) is 5.75 Å². The smallest absolute Gasteiger partial charge is 0.465 e. The van der Waals surface area contributed by atoms with Crippen molar-refractivity contribution < 1.29 is 31.4 Å². The SMILES string of the molecule is C=CC[N+](c1cc2c(cc1OCc1ccc(C(=O)O)cc1C)CCC2)=S(=O)=O.Cc1ccco1. The molecule has 0 saturated heterocycles. The van der Waals surface area contributed by atoms with Crippen molar-refractivity contribution in [2.75, 3.05) is 6.54 Å². The van der Waals surface area contributed by atoms with Crippen LogP contribution in [0.4, 0.5) is 5.69 Å². The predicted octanol–water partition coefficient (Wildman–Crippen LogP) is 5.24. The molecule has 0 aliphatic heterocycles. The van der Waals surface area contributed by atoms with E-state index in [1.807, 2.05) is 38.1 Å². The second kappa shape index (κ2) is 11.5. The molecule has 8 heteroatoms. The van der Waals surface area contributed by atoms with Gasteiger partial charge in [-0.15, -0.1) is 8.42 Å². The van der Waals surface area contributed by atoms with Crippen LogP contribution in [0.15, 0.2) is 65.8 Å². The summed E-state index contributed by atoms with van der Waals surface area (Å²) in [6.45, 7) is 7.74. The molecule has 0 bridgehead atoms. The number of furan rings is 1. The molecule has 0 radical (unpaired) electrons. The van der Waals surface area contributed by atoms with Crippen LogP contribution in [-0.4, -0.2) is 30.0 Å². The van der Waals surface area contributed by atoms with E-state index in [4.69, 9.17) is 14.3 Å². The Balaban J connectivity index is 0.000000469. The van der Waals surface area contributed by atoms with Crippen LogP contribution in [0.1, 0.15) is 44.8 Å². The van der Waals surface area contributed by atoms with Gasteiger partial charge in [-0.3, -0.25) is 0 Å². The van der Waals surface area contributed by atoms with Crippen LogP contribution in [0.2, 0.25) is 0 Å². The van der Waals surface area contributed by atoms with Gasteiger partial charge in [0.25, 0.3) is 5.69 Å². The van der Waals surface area contributed by atoms with E-state index >= 15 is 0 Å². The Kier molecular flexibility index (Phi) is 8.43. The zero-order valence-corrected chi connectivity index (χ0v) is 20.1. The molecule has 0 spiro atoms. The number of hydrogen-bond acceptors (Lipinski definition) is 5. The lowest BCUT2D eigenvalue weighted by atomic mass is 10.1. The quantitative estimate of drug-likeness (QED) is 0.365. The number of ether oxygens (including phenoxy) is 1. The standard InChI is InChI=1S/C21H21NO5S.C5H6O/c1-3-9-22(28(25)26)19-11-15-5-4-6-16(15)12-20(19)27-13-18-8-7-17(21(23)24)10-14(18)2;1-5-3-2-4-6-5/h3,7-8,10-12H,1,4-6,9,13H2,2H3;2-4H,1H3/p+1. The molecule has 0 saturated carbocycles. The van der Waals surface area contributed by atoms with Gasteiger partial charge in [0.2, 0.25) is 0 Å². The van der Waals surface area contributed by atoms with Crippen LogP contribution in [0, 0.1) is 13.8 Å². The van der Waals surface area contributed by atoms with Gasteiger partial charge in [-0.2, -0.15) is 0 Å². The Hall–Kier alpha value is -3.65. The minimum atomic E-state index is -2.45. The first-order chi connectivity index (χ1) is 16.3. The van der Waals surface area contributed by atoms with Gasteiger partial charge in [-0.1, -0.05) is 16.6 Å². The average molecular weight is 483 g/mol. The number of rotatable bonds is 7. The number of hydrogen-bond donors (Lipinski definition) is 1. The summed E-state index contributed by atoms with van der Waals surface area (Å²) in [5, 5.41) is 9.09. The molecule has 2 aromatic carbocycles. The highest BCUT2D eigenvalue weighted by molar-refractivity contribution is 7.59. The summed E-state index contributed by atoms with van der Waals surface area (Å²) in [7, 11) is -2.45. The number of carbonyl (C=O) groups is 1. The minimum absolute atomic E-state index is 0.150. The third-order valence-corrected chi connectivity index (χ3v) is 6.26. The molecule has 1 aliphatic carbocycles. The third kappa shape index (κ3) is 6.23. The molecule has 1 N–H and O–H groups in total. The minimum Gasteiger partial charge on any atom is -0.482 e. The topological polar surface area (TPSA) is 96.8 Å². The molecule has 4 rings (SSSR count). The number of carboxylic acid groups (broad SMARTS) is 1. The molecule has 178 valence electrons. The van der Waals surface area contributed by atoms with Crippen LogP contribution in [0.25, 0.3) is 0 Å². The Morgan fingerprint density at radius 1 is 1.18 bits per heavy atom. The summed E-state index contributed by atoms with van der Waals surface area (Å²) >= 11 is 0. The Morgan fingerprint density at radius 2 is 1.91 bits per heavy atom. The fourth-order valence-corrected chi connectivity index (χ4v) is 4.29. The molecule has 3 aromatic rings. The fraction of sp³-hybridized carbons (Fsp3) is 0.269. The van der Waals surface area contributed by atoms with Gasteiger partial charge in [0.1, 0.15) is 12.4 Å². The number of fused-ring (bicyclic) bond motifs is 1. The first-order valence-corrected chi connectivity index (χ1v) is 11.9. The molecule has 1 aliphatic rings.